The summed E-state index contributed by atoms with van der Waals surface area (Å²) in [4.78, 5) is 16.7. The van der Waals surface area contributed by atoms with Gasteiger partial charge in [-0.1, -0.05) is 68.8 Å². The molecule has 3 aromatic rings. The van der Waals surface area contributed by atoms with Gasteiger partial charge in [0.1, 0.15) is 5.82 Å². The minimum Gasteiger partial charge on any atom is -0.340 e. The molecular formula is C24H27N3O. The number of rotatable bonds is 5. The van der Waals surface area contributed by atoms with Crippen LogP contribution in [0.3, 0.4) is 0 Å². The molecule has 0 atom stereocenters. The van der Waals surface area contributed by atoms with Gasteiger partial charge in [-0.2, -0.15) is 0 Å². The van der Waals surface area contributed by atoms with E-state index >= 15 is 0 Å². The average Bonchev–Trinajstić information content (AvgIpc) is 2.65. The number of amides is 1. The highest BCUT2D eigenvalue weighted by Gasteiger charge is 2.17. The topological polar surface area (TPSA) is 54.0 Å². The molecule has 1 aromatic heterocycles. The van der Waals surface area contributed by atoms with Gasteiger partial charge in [-0.3, -0.25) is 4.79 Å². The van der Waals surface area contributed by atoms with Crippen molar-refractivity contribution in [2.75, 3.05) is 10.6 Å². The van der Waals surface area contributed by atoms with Gasteiger partial charge in [0.2, 0.25) is 5.91 Å². The number of para-hydroxylation sites is 1. The molecule has 2 aromatic carbocycles. The van der Waals surface area contributed by atoms with Gasteiger partial charge in [-0.15, -0.1) is 0 Å². The Morgan fingerprint density at radius 3 is 2.32 bits per heavy atom. The molecule has 28 heavy (non-hydrogen) atoms. The molecule has 1 heterocycles. The number of pyridine rings is 1. The molecule has 2 N–H and O–H groups in total. The van der Waals surface area contributed by atoms with Gasteiger partial charge in [-0.05, 0) is 41.7 Å². The number of nitrogens with one attached hydrogen (secondary N) is 2. The molecule has 0 saturated carbocycles. The van der Waals surface area contributed by atoms with Crippen LogP contribution in [0.25, 0.3) is 0 Å². The molecule has 0 spiro atoms. The lowest BCUT2D eigenvalue weighted by Crippen LogP contribution is -2.15. The Hall–Kier alpha value is -3.14. The van der Waals surface area contributed by atoms with Gasteiger partial charge >= 0.3 is 0 Å². The van der Waals surface area contributed by atoms with E-state index in [2.05, 4.69) is 48.5 Å². The van der Waals surface area contributed by atoms with Crippen LogP contribution in [-0.2, 0) is 16.6 Å². The Labute approximate surface area is 167 Å². The first-order chi connectivity index (χ1) is 13.3. The first kappa shape index (κ1) is 19.6. The number of benzene rings is 2. The number of aryl methyl sites for hydroxylation is 1. The fourth-order valence-electron chi connectivity index (χ4n) is 3.02. The summed E-state index contributed by atoms with van der Waals surface area (Å²) in [5.74, 6) is 0.692. The van der Waals surface area contributed by atoms with Crippen molar-refractivity contribution in [2.45, 2.75) is 39.5 Å². The average molecular weight is 374 g/mol. The second kappa shape index (κ2) is 8.26. The molecule has 0 unspecified atom stereocenters. The van der Waals surface area contributed by atoms with E-state index in [4.69, 9.17) is 0 Å². The van der Waals surface area contributed by atoms with Crippen LogP contribution in [-0.4, -0.2) is 10.9 Å². The van der Waals surface area contributed by atoms with E-state index in [0.29, 0.717) is 12.1 Å². The molecule has 0 aliphatic rings. The van der Waals surface area contributed by atoms with Gasteiger partial charge < -0.3 is 10.6 Å². The van der Waals surface area contributed by atoms with Crippen molar-refractivity contribution in [1.29, 1.82) is 0 Å². The predicted octanol–water partition coefficient (Wildman–Crippen LogP) is 5.61. The minimum absolute atomic E-state index is 0.0352. The number of nitrogens with zero attached hydrogens (tertiary/aromatic N) is 1. The number of hydrogen-bond acceptors (Lipinski definition) is 3. The quantitative estimate of drug-likeness (QED) is 0.611. The lowest BCUT2D eigenvalue weighted by Gasteiger charge is -2.23. The van der Waals surface area contributed by atoms with Crippen LogP contribution < -0.4 is 10.6 Å². The Morgan fingerprint density at radius 2 is 1.68 bits per heavy atom. The fourth-order valence-corrected chi connectivity index (χ4v) is 3.02. The smallest absolute Gasteiger partial charge is 0.228 e. The third-order valence-electron chi connectivity index (χ3n) is 4.53. The summed E-state index contributed by atoms with van der Waals surface area (Å²) in [5, 5.41) is 6.28. The summed E-state index contributed by atoms with van der Waals surface area (Å²) in [6, 6.07) is 20.0. The first-order valence-corrected chi connectivity index (χ1v) is 9.49. The number of aromatic nitrogens is 1. The Balaban J connectivity index is 1.64. The van der Waals surface area contributed by atoms with Gasteiger partial charge in [-0.25, -0.2) is 4.98 Å². The number of hydrogen-bond donors (Lipinski definition) is 2. The van der Waals surface area contributed by atoms with Gasteiger partial charge in [0.15, 0.2) is 0 Å². The van der Waals surface area contributed by atoms with Crippen molar-refractivity contribution in [3.8, 4) is 0 Å². The highest BCUT2D eigenvalue weighted by atomic mass is 16.1. The minimum atomic E-state index is -0.0514. The number of anilines is 3. The summed E-state index contributed by atoms with van der Waals surface area (Å²) in [6.07, 6.45) is 2.02. The lowest BCUT2D eigenvalue weighted by atomic mass is 9.86. The van der Waals surface area contributed by atoms with Gasteiger partial charge in [0, 0.05) is 5.69 Å². The van der Waals surface area contributed by atoms with Crippen molar-refractivity contribution in [1.82, 2.24) is 4.98 Å². The number of carbonyl (C=O) groups excluding carboxylic acids is 1. The zero-order valence-corrected chi connectivity index (χ0v) is 16.9. The second-order valence-corrected chi connectivity index (χ2v) is 8.06. The van der Waals surface area contributed by atoms with Crippen LogP contribution in [0.4, 0.5) is 17.2 Å². The van der Waals surface area contributed by atoms with Crippen LogP contribution in [0.15, 0.2) is 66.9 Å². The van der Waals surface area contributed by atoms with E-state index in [-0.39, 0.29) is 11.3 Å². The molecule has 4 nitrogen and oxygen atoms in total. The maximum atomic E-state index is 12.2. The third-order valence-corrected chi connectivity index (χ3v) is 4.53. The second-order valence-electron chi connectivity index (χ2n) is 8.06. The normalized spacial score (nSPS) is 11.1. The van der Waals surface area contributed by atoms with E-state index in [1.165, 1.54) is 11.1 Å². The van der Waals surface area contributed by atoms with E-state index < -0.39 is 0 Å². The van der Waals surface area contributed by atoms with Crippen LogP contribution in [0, 0.1) is 6.92 Å². The summed E-state index contributed by atoms with van der Waals surface area (Å²) < 4.78 is 0. The summed E-state index contributed by atoms with van der Waals surface area (Å²) >= 11 is 0. The maximum absolute atomic E-state index is 12.2. The molecule has 4 heteroatoms. The van der Waals surface area contributed by atoms with Crippen LogP contribution >= 0.6 is 0 Å². The highest BCUT2D eigenvalue weighted by Crippen LogP contribution is 2.30. The Bertz CT molecular complexity index is 939. The van der Waals surface area contributed by atoms with Gasteiger partial charge in [0.25, 0.3) is 0 Å². The SMILES string of the molecule is Cc1ccc(CC(=O)Nc2ccc(Nc3ccccc3C(C)(C)C)nc2)cc1. The molecule has 1 amide bonds. The first-order valence-electron chi connectivity index (χ1n) is 9.49. The van der Waals surface area contributed by atoms with Crippen LogP contribution in [0.1, 0.15) is 37.5 Å². The molecule has 0 bridgehead atoms. The van der Waals surface area contributed by atoms with Crippen LogP contribution in [0.2, 0.25) is 0 Å². The Morgan fingerprint density at radius 1 is 0.964 bits per heavy atom. The summed E-state index contributed by atoms with van der Waals surface area (Å²) in [6.45, 7) is 8.60. The third kappa shape index (κ3) is 5.19. The highest BCUT2D eigenvalue weighted by molar-refractivity contribution is 5.92. The van der Waals surface area contributed by atoms with E-state index in [1.54, 1.807) is 6.20 Å². The molecule has 144 valence electrons. The van der Waals surface area contributed by atoms with E-state index in [1.807, 2.05) is 55.5 Å². The van der Waals surface area contributed by atoms with E-state index in [0.717, 1.165) is 17.1 Å². The van der Waals surface area contributed by atoms with Crippen molar-refractivity contribution < 1.29 is 4.79 Å². The van der Waals surface area contributed by atoms with Crippen molar-refractivity contribution in [2.24, 2.45) is 0 Å². The lowest BCUT2D eigenvalue weighted by molar-refractivity contribution is -0.115. The zero-order chi connectivity index (χ0) is 20.1. The zero-order valence-electron chi connectivity index (χ0n) is 16.9. The molecular weight excluding hydrogens is 346 g/mol. The van der Waals surface area contributed by atoms with Crippen molar-refractivity contribution >= 4 is 23.1 Å². The summed E-state index contributed by atoms with van der Waals surface area (Å²) in [7, 11) is 0. The molecule has 0 fully saturated rings. The van der Waals surface area contributed by atoms with Crippen LogP contribution in [0.5, 0.6) is 0 Å². The van der Waals surface area contributed by atoms with Crippen molar-refractivity contribution in [3.63, 3.8) is 0 Å². The maximum Gasteiger partial charge on any atom is 0.228 e. The monoisotopic (exact) mass is 373 g/mol. The standard InChI is InChI=1S/C24H27N3O/c1-17-9-11-18(12-10-17)15-23(28)26-19-13-14-22(25-16-19)27-21-8-6-5-7-20(21)24(2,3)4/h5-14,16H,15H2,1-4H3,(H,25,27)(H,26,28). The Kier molecular flexibility index (Phi) is 5.78. The van der Waals surface area contributed by atoms with Crippen molar-refractivity contribution in [3.05, 3.63) is 83.6 Å². The molecule has 0 radical (unpaired) electrons. The summed E-state index contributed by atoms with van der Waals surface area (Å²) in [5.41, 5.74) is 5.17. The fraction of sp³-hybridized carbons (Fsp3) is 0.250. The van der Waals surface area contributed by atoms with Gasteiger partial charge in [0.05, 0.1) is 18.3 Å². The molecule has 0 aliphatic heterocycles. The van der Waals surface area contributed by atoms with E-state index in [9.17, 15) is 4.79 Å². The molecule has 3 rings (SSSR count). The number of carbonyl (C=O) groups is 1. The predicted molar refractivity (Wildman–Crippen MR) is 116 cm³/mol. The molecule has 0 saturated heterocycles. The largest absolute Gasteiger partial charge is 0.340 e. The molecule has 0 aliphatic carbocycles.